The molecule has 1 heterocycles. The third-order valence-corrected chi connectivity index (χ3v) is 2.53. The van der Waals surface area contributed by atoms with Gasteiger partial charge < -0.3 is 9.32 Å². The lowest BCUT2D eigenvalue weighted by atomic mass is 10.2. The van der Waals surface area contributed by atoms with Gasteiger partial charge in [0.2, 0.25) is 0 Å². The lowest BCUT2D eigenvalue weighted by molar-refractivity contribution is 0.0955. The van der Waals surface area contributed by atoms with Crippen LogP contribution < -0.4 is 10.3 Å². The normalized spacial score (nSPS) is 10.6. The van der Waals surface area contributed by atoms with Crippen molar-refractivity contribution in [2.75, 3.05) is 19.0 Å². The van der Waals surface area contributed by atoms with Gasteiger partial charge in [0.1, 0.15) is 5.76 Å². The van der Waals surface area contributed by atoms with E-state index in [1.807, 2.05) is 31.1 Å². The summed E-state index contributed by atoms with van der Waals surface area (Å²) in [6.07, 6.45) is 3.00. The van der Waals surface area contributed by atoms with Crippen LogP contribution in [0.15, 0.2) is 52.2 Å². The molecule has 0 fully saturated rings. The number of anilines is 1. The molecule has 0 aliphatic heterocycles. The van der Waals surface area contributed by atoms with Crippen LogP contribution in [0, 0.1) is 0 Å². The Kier molecular flexibility index (Phi) is 3.97. The molecule has 1 amide bonds. The molecular weight excluding hydrogens is 242 g/mol. The number of amides is 1. The number of carbonyl (C=O) groups excluding carboxylic acids is 1. The highest BCUT2D eigenvalue weighted by atomic mass is 16.3. The molecular formula is C14H15N3O2. The van der Waals surface area contributed by atoms with Crippen molar-refractivity contribution in [3.05, 3.63) is 54.0 Å². The second kappa shape index (κ2) is 5.86. The highest BCUT2D eigenvalue weighted by molar-refractivity contribution is 5.95. The molecule has 0 bridgehead atoms. The molecule has 2 rings (SSSR count). The Morgan fingerprint density at radius 3 is 2.84 bits per heavy atom. The van der Waals surface area contributed by atoms with E-state index in [9.17, 15) is 4.79 Å². The molecule has 19 heavy (non-hydrogen) atoms. The van der Waals surface area contributed by atoms with Crippen LogP contribution in [-0.2, 0) is 0 Å². The largest absolute Gasteiger partial charge is 0.463 e. The molecule has 0 saturated carbocycles. The molecule has 2 aromatic rings. The Balaban J connectivity index is 2.02. The Hall–Kier alpha value is -2.56. The lowest BCUT2D eigenvalue weighted by Crippen LogP contribution is -2.18. The number of hydrazone groups is 1. The van der Waals surface area contributed by atoms with Crippen LogP contribution in [0.1, 0.15) is 16.1 Å². The summed E-state index contributed by atoms with van der Waals surface area (Å²) in [5.41, 5.74) is 3.97. The second-order valence-corrected chi connectivity index (χ2v) is 4.16. The van der Waals surface area contributed by atoms with Crippen molar-refractivity contribution in [2.45, 2.75) is 0 Å². The first-order valence-corrected chi connectivity index (χ1v) is 5.81. The Labute approximate surface area is 111 Å². The third-order valence-electron chi connectivity index (χ3n) is 2.53. The van der Waals surface area contributed by atoms with Crippen molar-refractivity contribution >= 4 is 17.8 Å². The van der Waals surface area contributed by atoms with Gasteiger partial charge in [-0.05, 0) is 30.3 Å². The molecule has 5 heteroatoms. The smallest absolute Gasteiger partial charge is 0.271 e. The number of carbonyl (C=O) groups is 1. The van der Waals surface area contributed by atoms with Gasteiger partial charge in [0.25, 0.3) is 5.91 Å². The van der Waals surface area contributed by atoms with E-state index >= 15 is 0 Å². The van der Waals surface area contributed by atoms with Crippen molar-refractivity contribution in [3.63, 3.8) is 0 Å². The molecule has 1 aromatic heterocycles. The fourth-order valence-corrected chi connectivity index (χ4v) is 1.51. The molecule has 0 radical (unpaired) electrons. The van der Waals surface area contributed by atoms with Crippen LogP contribution in [-0.4, -0.2) is 26.2 Å². The number of furan rings is 1. The van der Waals surface area contributed by atoms with E-state index in [-0.39, 0.29) is 5.91 Å². The van der Waals surface area contributed by atoms with E-state index in [1.54, 1.807) is 30.5 Å². The van der Waals surface area contributed by atoms with Gasteiger partial charge in [-0.15, -0.1) is 0 Å². The molecule has 0 unspecified atom stereocenters. The van der Waals surface area contributed by atoms with Gasteiger partial charge in [0, 0.05) is 25.3 Å². The zero-order valence-electron chi connectivity index (χ0n) is 10.8. The maximum Gasteiger partial charge on any atom is 0.271 e. The number of rotatable bonds is 4. The van der Waals surface area contributed by atoms with Gasteiger partial charge >= 0.3 is 0 Å². The summed E-state index contributed by atoms with van der Waals surface area (Å²) in [4.78, 5) is 13.8. The predicted octanol–water partition coefficient (Wildman–Crippen LogP) is 2.11. The summed E-state index contributed by atoms with van der Waals surface area (Å²) >= 11 is 0. The monoisotopic (exact) mass is 257 g/mol. The zero-order valence-corrected chi connectivity index (χ0v) is 10.8. The molecule has 0 atom stereocenters. The van der Waals surface area contributed by atoms with Crippen LogP contribution in [0.25, 0.3) is 0 Å². The lowest BCUT2D eigenvalue weighted by Gasteiger charge is -2.12. The quantitative estimate of drug-likeness (QED) is 0.674. The molecule has 1 N–H and O–H groups in total. The highest BCUT2D eigenvalue weighted by Crippen LogP contribution is 2.13. The van der Waals surface area contributed by atoms with Crippen LogP contribution in [0.4, 0.5) is 5.69 Å². The van der Waals surface area contributed by atoms with E-state index in [2.05, 4.69) is 10.5 Å². The second-order valence-electron chi connectivity index (χ2n) is 4.16. The zero-order chi connectivity index (χ0) is 13.7. The summed E-state index contributed by atoms with van der Waals surface area (Å²) in [5, 5.41) is 3.83. The number of nitrogens with one attached hydrogen (secondary N) is 1. The average molecular weight is 257 g/mol. The van der Waals surface area contributed by atoms with Gasteiger partial charge in [-0.2, -0.15) is 5.10 Å². The number of hydrogen-bond donors (Lipinski definition) is 1. The van der Waals surface area contributed by atoms with Crippen molar-refractivity contribution in [3.8, 4) is 0 Å². The maximum atomic E-state index is 11.9. The van der Waals surface area contributed by atoms with Crippen molar-refractivity contribution < 1.29 is 9.21 Å². The summed E-state index contributed by atoms with van der Waals surface area (Å²) in [6, 6.07) is 10.8. The molecule has 0 aliphatic rings. The predicted molar refractivity (Wildman–Crippen MR) is 74.5 cm³/mol. The Morgan fingerprint density at radius 2 is 2.16 bits per heavy atom. The number of nitrogens with zero attached hydrogens (tertiary/aromatic N) is 2. The summed E-state index contributed by atoms with van der Waals surface area (Å²) < 4.78 is 5.06. The summed E-state index contributed by atoms with van der Waals surface area (Å²) in [6.45, 7) is 0. The molecule has 0 aliphatic carbocycles. The van der Waals surface area contributed by atoms with Crippen LogP contribution in [0.2, 0.25) is 0 Å². The van der Waals surface area contributed by atoms with Crippen molar-refractivity contribution in [1.29, 1.82) is 0 Å². The number of benzene rings is 1. The van der Waals surface area contributed by atoms with E-state index < -0.39 is 0 Å². The Bertz CT molecular complexity index is 574. The fraction of sp³-hybridized carbons (Fsp3) is 0.143. The Morgan fingerprint density at radius 1 is 1.32 bits per heavy atom. The minimum absolute atomic E-state index is 0.258. The van der Waals surface area contributed by atoms with Gasteiger partial charge in [-0.3, -0.25) is 4.79 Å². The average Bonchev–Trinajstić information content (AvgIpc) is 2.92. The van der Waals surface area contributed by atoms with E-state index in [0.29, 0.717) is 11.3 Å². The first-order valence-electron chi connectivity index (χ1n) is 5.81. The first-order chi connectivity index (χ1) is 9.16. The third kappa shape index (κ3) is 3.45. The fourth-order valence-electron chi connectivity index (χ4n) is 1.51. The van der Waals surface area contributed by atoms with Gasteiger partial charge in [-0.25, -0.2) is 5.43 Å². The topological polar surface area (TPSA) is 57.8 Å². The SMILES string of the molecule is CN(C)c1cccc(C(=O)N/N=C\c2ccco2)c1. The van der Waals surface area contributed by atoms with Crippen molar-refractivity contribution in [1.82, 2.24) is 5.43 Å². The molecule has 1 aromatic carbocycles. The summed E-state index contributed by atoms with van der Waals surface area (Å²) in [7, 11) is 3.85. The van der Waals surface area contributed by atoms with Crippen LogP contribution in [0.5, 0.6) is 0 Å². The summed E-state index contributed by atoms with van der Waals surface area (Å²) in [5.74, 6) is 0.328. The standard InChI is InChI=1S/C14H15N3O2/c1-17(2)12-6-3-5-11(9-12)14(18)16-15-10-13-7-4-8-19-13/h3-10H,1-2H3,(H,16,18)/b15-10-. The minimum Gasteiger partial charge on any atom is -0.463 e. The van der Waals surface area contributed by atoms with Gasteiger partial charge in [-0.1, -0.05) is 6.07 Å². The van der Waals surface area contributed by atoms with E-state index in [1.165, 1.54) is 6.21 Å². The van der Waals surface area contributed by atoms with Gasteiger partial charge in [0.15, 0.2) is 0 Å². The van der Waals surface area contributed by atoms with Crippen LogP contribution in [0.3, 0.4) is 0 Å². The van der Waals surface area contributed by atoms with E-state index in [4.69, 9.17) is 4.42 Å². The highest BCUT2D eigenvalue weighted by Gasteiger charge is 2.05. The van der Waals surface area contributed by atoms with E-state index in [0.717, 1.165) is 5.69 Å². The minimum atomic E-state index is -0.258. The molecule has 0 saturated heterocycles. The number of hydrogen-bond acceptors (Lipinski definition) is 4. The van der Waals surface area contributed by atoms with Gasteiger partial charge in [0.05, 0.1) is 12.5 Å². The first kappa shape index (κ1) is 12.9. The molecule has 98 valence electrons. The maximum absolute atomic E-state index is 11.9. The molecule has 0 spiro atoms. The van der Waals surface area contributed by atoms with Crippen molar-refractivity contribution in [2.24, 2.45) is 5.10 Å². The molecule has 5 nitrogen and oxygen atoms in total. The van der Waals surface area contributed by atoms with Crippen LogP contribution >= 0.6 is 0 Å².